The van der Waals surface area contributed by atoms with Gasteiger partial charge in [0.1, 0.15) is 0 Å². The van der Waals surface area contributed by atoms with Crippen LogP contribution in [0.4, 0.5) is 5.69 Å². The van der Waals surface area contributed by atoms with E-state index in [4.69, 9.17) is 17.3 Å². The molecule has 0 aliphatic heterocycles. The second-order valence-electron chi connectivity index (χ2n) is 3.72. The second-order valence-corrected chi connectivity index (χ2v) is 3.94. The van der Waals surface area contributed by atoms with Gasteiger partial charge in [0.25, 0.3) is 0 Å². The predicted octanol–water partition coefficient (Wildman–Crippen LogP) is 3.37. The van der Waals surface area contributed by atoms with Crippen LogP contribution >= 0.6 is 11.6 Å². The van der Waals surface area contributed by atoms with Crippen molar-refractivity contribution in [3.05, 3.63) is 41.6 Å². The SMILES string of the molecule is C/C(=C\Cl)Cn1ccc2cc(N)ccc21. The minimum Gasteiger partial charge on any atom is -0.399 e. The third-order valence-corrected chi connectivity index (χ3v) is 2.77. The maximum absolute atomic E-state index is 5.72. The van der Waals surface area contributed by atoms with E-state index in [-0.39, 0.29) is 0 Å². The van der Waals surface area contributed by atoms with Crippen LogP contribution in [0.5, 0.6) is 0 Å². The monoisotopic (exact) mass is 220 g/mol. The number of hydrogen-bond acceptors (Lipinski definition) is 1. The van der Waals surface area contributed by atoms with Gasteiger partial charge in [0.15, 0.2) is 0 Å². The quantitative estimate of drug-likeness (QED) is 0.773. The lowest BCUT2D eigenvalue weighted by Crippen LogP contribution is -1.96. The highest BCUT2D eigenvalue weighted by Crippen LogP contribution is 2.19. The van der Waals surface area contributed by atoms with Gasteiger partial charge in [0, 0.05) is 34.9 Å². The van der Waals surface area contributed by atoms with Crippen molar-refractivity contribution >= 4 is 28.2 Å². The van der Waals surface area contributed by atoms with E-state index >= 15 is 0 Å². The maximum atomic E-state index is 5.72. The number of anilines is 1. The molecule has 0 radical (unpaired) electrons. The number of nitrogens with zero attached hydrogens (tertiary/aromatic N) is 1. The van der Waals surface area contributed by atoms with Crippen molar-refractivity contribution in [3.63, 3.8) is 0 Å². The van der Waals surface area contributed by atoms with Crippen molar-refractivity contribution in [3.8, 4) is 0 Å². The first-order valence-electron chi connectivity index (χ1n) is 4.81. The Hall–Kier alpha value is -1.41. The van der Waals surface area contributed by atoms with Gasteiger partial charge in [-0.25, -0.2) is 0 Å². The molecule has 15 heavy (non-hydrogen) atoms. The van der Waals surface area contributed by atoms with Crippen LogP contribution in [0.2, 0.25) is 0 Å². The molecule has 0 fully saturated rings. The summed E-state index contributed by atoms with van der Waals surface area (Å²) >= 11 is 5.65. The molecule has 0 saturated heterocycles. The molecule has 0 bridgehead atoms. The zero-order valence-corrected chi connectivity index (χ0v) is 9.33. The van der Waals surface area contributed by atoms with E-state index in [0.29, 0.717) is 0 Å². The van der Waals surface area contributed by atoms with Gasteiger partial charge < -0.3 is 10.3 Å². The number of allylic oxidation sites excluding steroid dienone is 1. The number of fused-ring (bicyclic) bond motifs is 1. The molecule has 0 spiro atoms. The lowest BCUT2D eigenvalue weighted by Gasteiger charge is -2.05. The molecule has 0 amide bonds. The largest absolute Gasteiger partial charge is 0.399 e. The highest BCUT2D eigenvalue weighted by Gasteiger charge is 2.01. The average molecular weight is 221 g/mol. The first-order valence-corrected chi connectivity index (χ1v) is 5.24. The fraction of sp³-hybridized carbons (Fsp3) is 0.167. The standard InChI is InChI=1S/C12H13ClN2/c1-9(7-13)8-15-5-4-10-6-11(14)2-3-12(10)15/h2-7H,8,14H2,1H3/b9-7+. The molecule has 1 aromatic carbocycles. The summed E-state index contributed by atoms with van der Waals surface area (Å²) in [6.45, 7) is 2.83. The normalized spacial score (nSPS) is 12.3. The molecule has 0 aliphatic rings. The number of rotatable bonds is 2. The van der Waals surface area contributed by atoms with Crippen molar-refractivity contribution in [2.75, 3.05) is 5.73 Å². The van der Waals surface area contributed by atoms with Crippen LogP contribution in [-0.4, -0.2) is 4.57 Å². The van der Waals surface area contributed by atoms with E-state index in [9.17, 15) is 0 Å². The highest BCUT2D eigenvalue weighted by molar-refractivity contribution is 6.25. The lowest BCUT2D eigenvalue weighted by molar-refractivity contribution is 0.821. The molecule has 2 rings (SSSR count). The Kier molecular flexibility index (Phi) is 2.69. The Labute approximate surface area is 93.9 Å². The third-order valence-electron chi connectivity index (χ3n) is 2.40. The Morgan fingerprint density at radius 3 is 3.00 bits per heavy atom. The lowest BCUT2D eigenvalue weighted by atomic mass is 10.2. The number of benzene rings is 1. The molecule has 2 N–H and O–H groups in total. The zero-order chi connectivity index (χ0) is 10.8. The molecule has 0 saturated carbocycles. The molecule has 0 atom stereocenters. The van der Waals surface area contributed by atoms with E-state index in [2.05, 4.69) is 10.6 Å². The Bertz CT molecular complexity index is 511. The third kappa shape index (κ3) is 2.00. The van der Waals surface area contributed by atoms with Crippen molar-refractivity contribution in [2.24, 2.45) is 0 Å². The number of aromatic nitrogens is 1. The van der Waals surface area contributed by atoms with Gasteiger partial charge in [-0.1, -0.05) is 11.6 Å². The number of halogens is 1. The van der Waals surface area contributed by atoms with Gasteiger partial charge in [-0.15, -0.1) is 0 Å². The van der Waals surface area contributed by atoms with Gasteiger partial charge in [0.2, 0.25) is 0 Å². The van der Waals surface area contributed by atoms with E-state index in [1.807, 2.05) is 31.3 Å². The number of nitrogen functional groups attached to an aromatic ring is 1. The van der Waals surface area contributed by atoms with Crippen molar-refractivity contribution in [1.29, 1.82) is 0 Å². The van der Waals surface area contributed by atoms with Crippen LogP contribution in [-0.2, 0) is 6.54 Å². The number of nitrogens with two attached hydrogens (primary N) is 1. The first-order chi connectivity index (χ1) is 7.20. The number of hydrogen-bond donors (Lipinski definition) is 1. The summed E-state index contributed by atoms with van der Waals surface area (Å²) in [7, 11) is 0. The summed E-state index contributed by atoms with van der Waals surface area (Å²) in [5, 5.41) is 1.16. The fourth-order valence-electron chi connectivity index (χ4n) is 1.66. The van der Waals surface area contributed by atoms with Crippen molar-refractivity contribution in [1.82, 2.24) is 4.57 Å². The molecule has 1 aromatic heterocycles. The van der Waals surface area contributed by atoms with E-state index < -0.39 is 0 Å². The van der Waals surface area contributed by atoms with Crippen LogP contribution in [0, 0.1) is 0 Å². The smallest absolute Gasteiger partial charge is 0.0484 e. The molecule has 2 aromatic rings. The summed E-state index contributed by atoms with van der Waals surface area (Å²) in [5.41, 5.74) is 10.4. The highest BCUT2D eigenvalue weighted by atomic mass is 35.5. The van der Waals surface area contributed by atoms with Crippen LogP contribution in [0.1, 0.15) is 6.92 Å². The summed E-state index contributed by atoms with van der Waals surface area (Å²) in [5.74, 6) is 0. The maximum Gasteiger partial charge on any atom is 0.0484 e. The minimum atomic E-state index is 0.796. The molecule has 78 valence electrons. The van der Waals surface area contributed by atoms with Gasteiger partial charge in [-0.2, -0.15) is 0 Å². The predicted molar refractivity (Wildman–Crippen MR) is 66.0 cm³/mol. The summed E-state index contributed by atoms with van der Waals surface area (Å²) in [6, 6.07) is 7.99. The Morgan fingerprint density at radius 2 is 2.27 bits per heavy atom. The van der Waals surface area contributed by atoms with Gasteiger partial charge in [-0.3, -0.25) is 0 Å². The molecule has 1 heterocycles. The van der Waals surface area contributed by atoms with Crippen LogP contribution in [0.25, 0.3) is 10.9 Å². The summed E-state index contributed by atoms with van der Waals surface area (Å²) in [6.07, 6.45) is 2.05. The molecule has 0 aliphatic carbocycles. The van der Waals surface area contributed by atoms with Crippen LogP contribution in [0.3, 0.4) is 0 Å². The molecule has 2 nitrogen and oxygen atoms in total. The molecule has 0 unspecified atom stereocenters. The van der Waals surface area contributed by atoms with E-state index in [0.717, 1.165) is 23.2 Å². The molecule has 3 heteroatoms. The zero-order valence-electron chi connectivity index (χ0n) is 8.57. The van der Waals surface area contributed by atoms with Crippen LogP contribution in [0.15, 0.2) is 41.6 Å². The first kappa shape index (κ1) is 10.1. The van der Waals surface area contributed by atoms with Crippen LogP contribution < -0.4 is 5.73 Å². The van der Waals surface area contributed by atoms with Crippen molar-refractivity contribution in [2.45, 2.75) is 13.5 Å². The van der Waals surface area contributed by atoms with Gasteiger partial charge in [-0.05, 0) is 36.8 Å². The Balaban J connectivity index is 2.45. The van der Waals surface area contributed by atoms with Crippen molar-refractivity contribution < 1.29 is 0 Å². The molecular formula is C12H13ClN2. The van der Waals surface area contributed by atoms with E-state index in [1.165, 1.54) is 5.52 Å². The topological polar surface area (TPSA) is 30.9 Å². The summed E-state index contributed by atoms with van der Waals surface area (Å²) in [4.78, 5) is 0. The fourth-order valence-corrected chi connectivity index (χ4v) is 1.73. The summed E-state index contributed by atoms with van der Waals surface area (Å²) < 4.78 is 2.16. The van der Waals surface area contributed by atoms with Gasteiger partial charge >= 0.3 is 0 Å². The molecular weight excluding hydrogens is 208 g/mol. The average Bonchev–Trinajstić information content (AvgIpc) is 2.60. The second kappa shape index (κ2) is 3.99. The van der Waals surface area contributed by atoms with E-state index in [1.54, 1.807) is 5.54 Å². The Morgan fingerprint density at radius 1 is 1.47 bits per heavy atom. The minimum absolute atomic E-state index is 0.796. The van der Waals surface area contributed by atoms with Gasteiger partial charge in [0.05, 0.1) is 0 Å².